The molecule has 1 aromatic heterocycles. The number of nitrogens with one attached hydrogen (secondary N) is 1. The second-order valence-corrected chi connectivity index (χ2v) is 5.94. The van der Waals surface area contributed by atoms with Gasteiger partial charge in [-0.25, -0.2) is 4.98 Å². The molecule has 1 aromatic rings. The highest BCUT2D eigenvalue weighted by Gasteiger charge is 2.20. The van der Waals surface area contributed by atoms with Crippen LogP contribution in [0.4, 0.5) is 0 Å². The highest BCUT2D eigenvalue weighted by molar-refractivity contribution is 7.99. The predicted molar refractivity (Wildman–Crippen MR) is 77.4 cm³/mol. The fraction of sp³-hybridized carbons (Fsp3) is 0.462. The summed E-state index contributed by atoms with van der Waals surface area (Å²) in [5, 5.41) is 4.02. The third-order valence-corrected chi connectivity index (χ3v) is 3.64. The van der Waals surface area contributed by atoms with Crippen LogP contribution in [0.5, 0.6) is 0 Å². The van der Waals surface area contributed by atoms with E-state index in [1.165, 1.54) is 24.9 Å². The molecule has 4 nitrogen and oxygen atoms in total. The molecule has 1 heterocycles. The molecule has 0 spiro atoms. The van der Waals surface area contributed by atoms with Gasteiger partial charge in [-0.3, -0.25) is 9.59 Å². The SMILES string of the molecule is CC(=O)C(NC(=O)CSc1ccc(Cl)cn1)C(C)C. The fourth-order valence-corrected chi connectivity index (χ4v) is 2.31. The van der Waals surface area contributed by atoms with E-state index in [0.29, 0.717) is 5.02 Å². The van der Waals surface area contributed by atoms with Crippen LogP contribution in [-0.4, -0.2) is 28.5 Å². The fourth-order valence-electron chi connectivity index (χ4n) is 1.54. The molecule has 1 atom stereocenters. The number of Topliss-reactive ketones (excluding diaryl/α,β-unsaturated/α-hetero) is 1. The van der Waals surface area contributed by atoms with Gasteiger partial charge in [-0.05, 0) is 25.0 Å². The summed E-state index contributed by atoms with van der Waals surface area (Å²) in [6, 6.07) is 3.05. The van der Waals surface area contributed by atoms with Crippen molar-refractivity contribution in [2.75, 3.05) is 5.75 Å². The quantitative estimate of drug-likeness (QED) is 0.820. The maximum Gasteiger partial charge on any atom is 0.231 e. The number of rotatable bonds is 6. The van der Waals surface area contributed by atoms with Gasteiger partial charge in [0.25, 0.3) is 0 Å². The number of aromatic nitrogens is 1. The lowest BCUT2D eigenvalue weighted by Crippen LogP contribution is -2.44. The lowest BCUT2D eigenvalue weighted by atomic mass is 10.0. The Hall–Kier alpha value is -1.07. The molecule has 0 bridgehead atoms. The lowest BCUT2D eigenvalue weighted by Gasteiger charge is -2.19. The predicted octanol–water partition coefficient (Wildman–Crippen LogP) is 2.56. The molecule has 1 amide bonds. The standard InChI is InChI=1S/C13H17ClN2O2S/c1-8(2)13(9(3)17)16-11(18)7-19-12-5-4-10(14)6-15-12/h4-6,8,13H,7H2,1-3H3,(H,16,18). The van der Waals surface area contributed by atoms with Gasteiger partial charge in [-0.1, -0.05) is 37.2 Å². The van der Waals surface area contributed by atoms with Gasteiger partial charge in [0.15, 0.2) is 5.78 Å². The average molecular weight is 301 g/mol. The Kier molecular flexibility index (Phi) is 6.31. The van der Waals surface area contributed by atoms with E-state index in [2.05, 4.69) is 10.3 Å². The molecule has 19 heavy (non-hydrogen) atoms. The minimum Gasteiger partial charge on any atom is -0.345 e. The summed E-state index contributed by atoms with van der Waals surface area (Å²) in [4.78, 5) is 27.2. The molecule has 1 N–H and O–H groups in total. The van der Waals surface area contributed by atoms with E-state index in [9.17, 15) is 9.59 Å². The summed E-state index contributed by atoms with van der Waals surface area (Å²) in [5.41, 5.74) is 0. The highest BCUT2D eigenvalue weighted by atomic mass is 35.5. The van der Waals surface area contributed by atoms with E-state index < -0.39 is 6.04 Å². The Labute approximate surface area is 122 Å². The first-order chi connectivity index (χ1) is 8.90. The summed E-state index contributed by atoms with van der Waals surface area (Å²) in [6.07, 6.45) is 1.54. The number of halogens is 1. The van der Waals surface area contributed by atoms with Crippen LogP contribution < -0.4 is 5.32 Å². The Bertz CT molecular complexity index is 448. The van der Waals surface area contributed by atoms with E-state index in [1.807, 2.05) is 13.8 Å². The number of hydrogen-bond acceptors (Lipinski definition) is 4. The van der Waals surface area contributed by atoms with E-state index in [1.54, 1.807) is 12.1 Å². The first-order valence-corrected chi connectivity index (χ1v) is 7.30. The zero-order valence-electron chi connectivity index (χ0n) is 11.1. The Morgan fingerprint density at radius 3 is 2.58 bits per heavy atom. The van der Waals surface area contributed by atoms with E-state index in [0.717, 1.165) is 5.03 Å². The normalized spacial score (nSPS) is 12.3. The monoisotopic (exact) mass is 300 g/mol. The van der Waals surface area contributed by atoms with Crippen molar-refractivity contribution in [1.29, 1.82) is 0 Å². The van der Waals surface area contributed by atoms with Gasteiger partial charge in [-0.15, -0.1) is 0 Å². The zero-order valence-corrected chi connectivity index (χ0v) is 12.7. The first kappa shape index (κ1) is 16.0. The molecule has 0 saturated heterocycles. The molecule has 0 aliphatic carbocycles. The van der Waals surface area contributed by atoms with E-state index >= 15 is 0 Å². The molecule has 0 aliphatic heterocycles. The van der Waals surface area contributed by atoms with Crippen molar-refractivity contribution in [2.24, 2.45) is 5.92 Å². The number of ketones is 1. The summed E-state index contributed by atoms with van der Waals surface area (Å²) in [5.74, 6) is 0.110. The molecular formula is C13H17ClN2O2S. The maximum atomic E-state index is 11.8. The van der Waals surface area contributed by atoms with Crippen molar-refractivity contribution in [3.05, 3.63) is 23.4 Å². The minimum atomic E-state index is -0.425. The van der Waals surface area contributed by atoms with Crippen molar-refractivity contribution >= 4 is 35.1 Å². The summed E-state index contributed by atoms with van der Waals surface area (Å²) in [6.45, 7) is 5.29. The number of carbonyl (C=O) groups excluding carboxylic acids is 2. The van der Waals surface area contributed by atoms with Crippen LogP contribution in [0.2, 0.25) is 5.02 Å². The van der Waals surface area contributed by atoms with Gasteiger partial charge in [-0.2, -0.15) is 0 Å². The Morgan fingerprint density at radius 1 is 1.42 bits per heavy atom. The van der Waals surface area contributed by atoms with Gasteiger partial charge in [0.05, 0.1) is 21.8 Å². The molecule has 0 saturated carbocycles. The molecule has 0 aromatic carbocycles. The van der Waals surface area contributed by atoms with Crippen molar-refractivity contribution in [1.82, 2.24) is 10.3 Å². The second kappa shape index (κ2) is 7.50. The Balaban J connectivity index is 2.47. The van der Waals surface area contributed by atoms with Crippen LogP contribution >= 0.6 is 23.4 Å². The lowest BCUT2D eigenvalue weighted by molar-refractivity contribution is -0.126. The van der Waals surface area contributed by atoms with Gasteiger partial charge in [0.2, 0.25) is 5.91 Å². The molecule has 104 valence electrons. The van der Waals surface area contributed by atoms with Crippen molar-refractivity contribution in [2.45, 2.75) is 31.8 Å². The maximum absolute atomic E-state index is 11.8. The van der Waals surface area contributed by atoms with Gasteiger partial charge in [0, 0.05) is 6.20 Å². The van der Waals surface area contributed by atoms with Crippen LogP contribution in [-0.2, 0) is 9.59 Å². The molecular weight excluding hydrogens is 284 g/mol. The second-order valence-electron chi connectivity index (χ2n) is 4.50. The summed E-state index contributed by atoms with van der Waals surface area (Å²) < 4.78 is 0. The van der Waals surface area contributed by atoms with Crippen molar-refractivity contribution in [3.63, 3.8) is 0 Å². The van der Waals surface area contributed by atoms with Crippen LogP contribution in [0, 0.1) is 5.92 Å². The van der Waals surface area contributed by atoms with Crippen LogP contribution in [0.15, 0.2) is 23.4 Å². The van der Waals surface area contributed by atoms with Gasteiger partial charge < -0.3 is 5.32 Å². The first-order valence-electron chi connectivity index (χ1n) is 5.94. The minimum absolute atomic E-state index is 0.0297. The van der Waals surface area contributed by atoms with Crippen LogP contribution in [0.3, 0.4) is 0 Å². The van der Waals surface area contributed by atoms with Crippen LogP contribution in [0.25, 0.3) is 0 Å². The molecule has 0 aliphatic rings. The summed E-state index contributed by atoms with van der Waals surface area (Å²) >= 11 is 7.03. The third-order valence-electron chi connectivity index (χ3n) is 2.47. The van der Waals surface area contributed by atoms with E-state index in [4.69, 9.17) is 11.6 Å². The van der Waals surface area contributed by atoms with Gasteiger partial charge >= 0.3 is 0 Å². The van der Waals surface area contributed by atoms with E-state index in [-0.39, 0.29) is 23.4 Å². The number of nitrogens with zero attached hydrogens (tertiary/aromatic N) is 1. The molecule has 0 fully saturated rings. The highest BCUT2D eigenvalue weighted by Crippen LogP contribution is 2.17. The molecule has 6 heteroatoms. The number of amides is 1. The van der Waals surface area contributed by atoms with Crippen LogP contribution in [0.1, 0.15) is 20.8 Å². The number of carbonyl (C=O) groups is 2. The zero-order chi connectivity index (χ0) is 14.4. The molecule has 1 rings (SSSR count). The number of thioether (sulfide) groups is 1. The average Bonchev–Trinajstić information content (AvgIpc) is 2.34. The van der Waals surface area contributed by atoms with Crippen molar-refractivity contribution < 1.29 is 9.59 Å². The number of pyridine rings is 1. The summed E-state index contributed by atoms with van der Waals surface area (Å²) in [7, 11) is 0. The smallest absolute Gasteiger partial charge is 0.231 e. The number of hydrogen-bond donors (Lipinski definition) is 1. The largest absolute Gasteiger partial charge is 0.345 e. The third kappa shape index (κ3) is 5.61. The van der Waals surface area contributed by atoms with Crippen molar-refractivity contribution in [3.8, 4) is 0 Å². The Morgan fingerprint density at radius 2 is 2.11 bits per heavy atom. The molecule has 1 unspecified atom stereocenters. The molecule has 0 radical (unpaired) electrons. The van der Waals surface area contributed by atoms with Gasteiger partial charge in [0.1, 0.15) is 0 Å². The topological polar surface area (TPSA) is 59.1 Å².